The number of H-pyrrole nitrogens is 1. The number of anilines is 1. The lowest BCUT2D eigenvalue weighted by atomic mass is 10.1. The van der Waals surface area contributed by atoms with Crippen molar-refractivity contribution in [3.63, 3.8) is 0 Å². The zero-order valence-corrected chi connectivity index (χ0v) is 14.7. The van der Waals surface area contributed by atoms with Crippen LogP contribution in [0.4, 0.5) is 5.82 Å². The molecule has 0 fully saturated rings. The second-order valence-corrected chi connectivity index (χ2v) is 5.96. The lowest BCUT2D eigenvalue weighted by Crippen LogP contribution is -2.07. The third-order valence-electron chi connectivity index (χ3n) is 4.51. The summed E-state index contributed by atoms with van der Waals surface area (Å²) in [5.41, 5.74) is 3.17. The van der Waals surface area contributed by atoms with Crippen molar-refractivity contribution in [1.29, 1.82) is 0 Å². The Morgan fingerprint density at radius 3 is 2.73 bits per heavy atom. The molecule has 0 unspecified atom stereocenters. The maximum atomic E-state index is 5.47. The first kappa shape index (κ1) is 16.2. The van der Waals surface area contributed by atoms with Gasteiger partial charge in [0.25, 0.3) is 0 Å². The summed E-state index contributed by atoms with van der Waals surface area (Å²) in [5, 5.41) is 5.58. The molecule has 0 aliphatic carbocycles. The largest absolute Gasteiger partial charge is 0.493 e. The highest BCUT2D eigenvalue weighted by Gasteiger charge is 2.13. The minimum atomic E-state index is 0.618. The summed E-state index contributed by atoms with van der Waals surface area (Å²) in [4.78, 5) is 12.1. The number of ether oxygens (including phenoxy) is 2. The normalized spacial score (nSPS) is 11.0. The molecule has 6 heteroatoms. The number of fused-ring (bicyclic) bond motifs is 2. The third-order valence-corrected chi connectivity index (χ3v) is 4.51. The second kappa shape index (κ2) is 6.92. The molecule has 0 atom stereocenters. The Morgan fingerprint density at radius 2 is 1.88 bits per heavy atom. The number of methoxy groups -OCH3 is 2. The van der Waals surface area contributed by atoms with Crippen molar-refractivity contribution >= 4 is 27.6 Å². The summed E-state index contributed by atoms with van der Waals surface area (Å²) in [5.74, 6) is 2.06. The zero-order chi connectivity index (χ0) is 17.9. The van der Waals surface area contributed by atoms with Gasteiger partial charge >= 0.3 is 0 Å². The van der Waals surface area contributed by atoms with Gasteiger partial charge in [-0.05, 0) is 30.2 Å². The van der Waals surface area contributed by atoms with Crippen molar-refractivity contribution in [1.82, 2.24) is 15.0 Å². The van der Waals surface area contributed by atoms with Crippen molar-refractivity contribution < 1.29 is 9.47 Å². The van der Waals surface area contributed by atoms with Gasteiger partial charge in [0.05, 0.1) is 14.2 Å². The van der Waals surface area contributed by atoms with E-state index in [0.29, 0.717) is 11.5 Å². The Morgan fingerprint density at radius 1 is 1.00 bits per heavy atom. The van der Waals surface area contributed by atoms with Crippen LogP contribution >= 0.6 is 0 Å². The molecule has 4 rings (SSSR count). The van der Waals surface area contributed by atoms with Crippen LogP contribution in [-0.4, -0.2) is 35.7 Å². The molecule has 0 amide bonds. The lowest BCUT2D eigenvalue weighted by Gasteiger charge is -2.12. The number of para-hydroxylation sites is 1. The maximum absolute atomic E-state index is 5.47. The second-order valence-electron chi connectivity index (χ2n) is 5.96. The molecule has 2 aromatic heterocycles. The smallest absolute Gasteiger partial charge is 0.187 e. The van der Waals surface area contributed by atoms with Gasteiger partial charge in [0.15, 0.2) is 11.5 Å². The molecule has 0 saturated heterocycles. The fourth-order valence-electron chi connectivity index (χ4n) is 3.24. The fourth-order valence-corrected chi connectivity index (χ4v) is 3.24. The molecule has 132 valence electrons. The van der Waals surface area contributed by atoms with Gasteiger partial charge in [-0.3, -0.25) is 0 Å². The average molecular weight is 348 g/mol. The minimum absolute atomic E-state index is 0.618. The van der Waals surface area contributed by atoms with E-state index in [2.05, 4.69) is 44.7 Å². The van der Waals surface area contributed by atoms with E-state index in [-0.39, 0.29) is 0 Å². The summed E-state index contributed by atoms with van der Waals surface area (Å²) in [6.45, 7) is 0.766. The van der Waals surface area contributed by atoms with Gasteiger partial charge in [-0.1, -0.05) is 18.2 Å². The molecule has 0 bridgehead atoms. The Labute approximate surface area is 151 Å². The van der Waals surface area contributed by atoms with Crippen molar-refractivity contribution in [3.05, 3.63) is 54.5 Å². The van der Waals surface area contributed by atoms with Crippen LogP contribution in [0.15, 0.2) is 48.9 Å². The standard InChI is InChI=1S/C20H20N4O2/c1-25-17-8-7-15-18(19(17)26-2)23-12-24-20(15)21-10-9-13-11-22-16-6-4-3-5-14(13)16/h3-8,11-12,22H,9-10H2,1-2H3,(H,21,23,24). The quantitative estimate of drug-likeness (QED) is 0.555. The van der Waals surface area contributed by atoms with E-state index in [9.17, 15) is 0 Å². The average Bonchev–Trinajstić information content (AvgIpc) is 3.10. The first-order chi connectivity index (χ1) is 12.8. The van der Waals surface area contributed by atoms with E-state index < -0.39 is 0 Å². The number of aromatic amines is 1. The molecule has 2 N–H and O–H groups in total. The Kier molecular flexibility index (Phi) is 4.31. The summed E-state index contributed by atoms with van der Waals surface area (Å²) < 4.78 is 10.8. The first-order valence-electron chi connectivity index (χ1n) is 8.46. The van der Waals surface area contributed by atoms with Crippen molar-refractivity contribution in [3.8, 4) is 11.5 Å². The van der Waals surface area contributed by atoms with E-state index in [1.807, 2.05) is 18.2 Å². The molecule has 26 heavy (non-hydrogen) atoms. The molecule has 0 aliphatic rings. The van der Waals surface area contributed by atoms with E-state index in [4.69, 9.17) is 9.47 Å². The predicted octanol–water partition coefficient (Wildman–Crippen LogP) is 3.78. The molecule has 6 nitrogen and oxygen atoms in total. The topological polar surface area (TPSA) is 72.1 Å². The molecule has 0 aliphatic heterocycles. The van der Waals surface area contributed by atoms with E-state index in [0.717, 1.165) is 35.2 Å². The van der Waals surface area contributed by atoms with Crippen LogP contribution in [0.25, 0.3) is 21.8 Å². The number of hydrogen-bond acceptors (Lipinski definition) is 5. The summed E-state index contributed by atoms with van der Waals surface area (Å²) in [6, 6.07) is 12.1. The van der Waals surface area contributed by atoms with Crippen molar-refractivity contribution in [2.45, 2.75) is 6.42 Å². The molecule has 4 aromatic rings. The highest BCUT2D eigenvalue weighted by Crippen LogP contribution is 2.35. The van der Waals surface area contributed by atoms with Gasteiger partial charge < -0.3 is 19.8 Å². The van der Waals surface area contributed by atoms with Crippen LogP contribution in [-0.2, 0) is 6.42 Å². The monoisotopic (exact) mass is 348 g/mol. The molecular formula is C20H20N4O2. The van der Waals surface area contributed by atoms with Gasteiger partial charge in [0.1, 0.15) is 17.7 Å². The lowest BCUT2D eigenvalue weighted by molar-refractivity contribution is 0.358. The number of benzene rings is 2. The van der Waals surface area contributed by atoms with E-state index in [1.165, 1.54) is 17.3 Å². The number of nitrogens with one attached hydrogen (secondary N) is 2. The SMILES string of the molecule is COc1ccc2c(NCCc3c[nH]c4ccccc34)ncnc2c1OC. The Bertz CT molecular complexity index is 1060. The number of aromatic nitrogens is 3. The van der Waals surface area contributed by atoms with Crippen LogP contribution in [0.5, 0.6) is 11.5 Å². The number of rotatable bonds is 6. The highest BCUT2D eigenvalue weighted by atomic mass is 16.5. The van der Waals surface area contributed by atoms with Crippen LogP contribution in [0, 0.1) is 0 Å². The molecule has 2 aromatic carbocycles. The molecular weight excluding hydrogens is 328 g/mol. The van der Waals surface area contributed by atoms with Gasteiger partial charge in [-0.25, -0.2) is 9.97 Å². The number of nitrogens with zero attached hydrogens (tertiary/aromatic N) is 2. The van der Waals surface area contributed by atoms with Crippen LogP contribution in [0.1, 0.15) is 5.56 Å². The Hall–Kier alpha value is -3.28. The van der Waals surface area contributed by atoms with Gasteiger partial charge in [0.2, 0.25) is 0 Å². The van der Waals surface area contributed by atoms with E-state index >= 15 is 0 Å². The molecule has 2 heterocycles. The van der Waals surface area contributed by atoms with Crippen LogP contribution in [0.3, 0.4) is 0 Å². The number of hydrogen-bond donors (Lipinski definition) is 2. The minimum Gasteiger partial charge on any atom is -0.493 e. The van der Waals surface area contributed by atoms with Gasteiger partial charge in [0, 0.05) is 29.0 Å². The Balaban J connectivity index is 1.57. The van der Waals surface area contributed by atoms with Crippen LogP contribution < -0.4 is 14.8 Å². The zero-order valence-electron chi connectivity index (χ0n) is 14.7. The molecule has 0 saturated carbocycles. The highest BCUT2D eigenvalue weighted by molar-refractivity contribution is 5.94. The third kappa shape index (κ3) is 2.79. The summed E-state index contributed by atoms with van der Waals surface area (Å²) in [6.07, 6.45) is 4.50. The van der Waals surface area contributed by atoms with Gasteiger partial charge in [-0.2, -0.15) is 0 Å². The first-order valence-corrected chi connectivity index (χ1v) is 8.46. The predicted molar refractivity (Wildman–Crippen MR) is 103 cm³/mol. The van der Waals surface area contributed by atoms with Gasteiger partial charge in [-0.15, -0.1) is 0 Å². The summed E-state index contributed by atoms with van der Waals surface area (Å²) >= 11 is 0. The fraction of sp³-hybridized carbons (Fsp3) is 0.200. The molecule has 0 spiro atoms. The van der Waals surface area contributed by atoms with Crippen molar-refractivity contribution in [2.75, 3.05) is 26.1 Å². The molecule has 0 radical (unpaired) electrons. The maximum Gasteiger partial charge on any atom is 0.187 e. The van der Waals surface area contributed by atoms with E-state index in [1.54, 1.807) is 14.2 Å². The summed E-state index contributed by atoms with van der Waals surface area (Å²) in [7, 11) is 3.23. The van der Waals surface area contributed by atoms with Crippen molar-refractivity contribution in [2.24, 2.45) is 0 Å². The van der Waals surface area contributed by atoms with Crippen LogP contribution in [0.2, 0.25) is 0 Å².